The lowest BCUT2D eigenvalue weighted by atomic mass is 9.96. The van der Waals surface area contributed by atoms with Crippen LogP contribution in [0.2, 0.25) is 0 Å². The summed E-state index contributed by atoms with van der Waals surface area (Å²) in [5.74, 6) is -0.249. The fourth-order valence-corrected chi connectivity index (χ4v) is 2.22. The van der Waals surface area contributed by atoms with Crippen molar-refractivity contribution >= 4 is 15.9 Å². The Bertz CT molecular complexity index is 537. The molecular formula is C14H13BrFN. The zero-order chi connectivity index (χ0) is 12.4. The second-order valence-corrected chi connectivity index (χ2v) is 4.83. The Morgan fingerprint density at radius 2 is 1.71 bits per heavy atom. The first kappa shape index (κ1) is 12.3. The van der Waals surface area contributed by atoms with Gasteiger partial charge in [0.2, 0.25) is 0 Å². The van der Waals surface area contributed by atoms with E-state index in [0.717, 1.165) is 11.1 Å². The molecule has 2 aromatic rings. The summed E-state index contributed by atoms with van der Waals surface area (Å²) < 4.78 is 14.5. The molecule has 0 aromatic heterocycles. The molecule has 0 fully saturated rings. The Hall–Kier alpha value is -1.19. The van der Waals surface area contributed by atoms with Crippen molar-refractivity contribution in [2.75, 3.05) is 0 Å². The maximum Gasteiger partial charge on any atom is 0.145 e. The lowest BCUT2D eigenvalue weighted by molar-refractivity contribution is 0.624. The molecule has 1 unspecified atom stereocenters. The molecule has 0 saturated carbocycles. The highest BCUT2D eigenvalue weighted by Crippen LogP contribution is 2.32. The van der Waals surface area contributed by atoms with Gasteiger partial charge in [-0.1, -0.05) is 36.4 Å². The summed E-state index contributed by atoms with van der Waals surface area (Å²) in [4.78, 5) is 0. The lowest BCUT2D eigenvalue weighted by Gasteiger charge is -2.13. The molecule has 0 saturated heterocycles. The standard InChI is InChI=1S/C14H13BrFN/c1-9(17)10-5-2-3-6-11(10)12-7-4-8-13(15)14(12)16/h2-9H,17H2,1H3. The number of hydrogen-bond acceptors (Lipinski definition) is 1. The Balaban J connectivity index is 2.64. The van der Waals surface area contributed by atoms with E-state index in [4.69, 9.17) is 5.73 Å². The van der Waals surface area contributed by atoms with Gasteiger partial charge in [-0.15, -0.1) is 0 Å². The van der Waals surface area contributed by atoms with Crippen molar-refractivity contribution in [2.45, 2.75) is 13.0 Å². The Labute approximate surface area is 109 Å². The van der Waals surface area contributed by atoms with Crippen LogP contribution < -0.4 is 5.73 Å². The van der Waals surface area contributed by atoms with Crippen LogP contribution in [0.3, 0.4) is 0 Å². The Morgan fingerprint density at radius 3 is 2.41 bits per heavy atom. The zero-order valence-electron chi connectivity index (χ0n) is 9.45. The van der Waals surface area contributed by atoms with Crippen molar-refractivity contribution in [3.05, 3.63) is 58.3 Å². The van der Waals surface area contributed by atoms with Gasteiger partial charge in [0.15, 0.2) is 0 Å². The molecule has 0 aliphatic carbocycles. The summed E-state index contributed by atoms with van der Waals surface area (Å²) in [6.07, 6.45) is 0. The van der Waals surface area contributed by atoms with E-state index in [2.05, 4.69) is 15.9 Å². The van der Waals surface area contributed by atoms with E-state index in [0.29, 0.717) is 10.0 Å². The van der Waals surface area contributed by atoms with Crippen LogP contribution in [0, 0.1) is 5.82 Å². The van der Waals surface area contributed by atoms with Gasteiger partial charge in [-0.25, -0.2) is 4.39 Å². The van der Waals surface area contributed by atoms with E-state index in [1.54, 1.807) is 12.1 Å². The largest absolute Gasteiger partial charge is 0.324 e. The molecule has 0 radical (unpaired) electrons. The van der Waals surface area contributed by atoms with Crippen molar-refractivity contribution in [2.24, 2.45) is 5.73 Å². The summed E-state index contributed by atoms with van der Waals surface area (Å²) in [6.45, 7) is 1.90. The fourth-order valence-electron chi connectivity index (χ4n) is 1.85. The van der Waals surface area contributed by atoms with Gasteiger partial charge >= 0.3 is 0 Å². The Morgan fingerprint density at radius 1 is 1.06 bits per heavy atom. The third-order valence-corrected chi connectivity index (χ3v) is 3.31. The van der Waals surface area contributed by atoms with Crippen molar-refractivity contribution in [1.29, 1.82) is 0 Å². The molecule has 0 amide bonds. The molecule has 2 rings (SSSR count). The Kier molecular flexibility index (Phi) is 3.60. The predicted molar refractivity (Wildman–Crippen MR) is 72.1 cm³/mol. The smallest absolute Gasteiger partial charge is 0.145 e. The number of nitrogens with two attached hydrogens (primary N) is 1. The van der Waals surface area contributed by atoms with Crippen LogP contribution in [0.5, 0.6) is 0 Å². The average molecular weight is 294 g/mol. The van der Waals surface area contributed by atoms with Crippen LogP contribution in [-0.4, -0.2) is 0 Å². The van der Waals surface area contributed by atoms with E-state index in [9.17, 15) is 4.39 Å². The molecule has 0 aliphatic rings. The first-order chi connectivity index (χ1) is 8.11. The van der Waals surface area contributed by atoms with E-state index in [1.807, 2.05) is 37.3 Å². The van der Waals surface area contributed by atoms with Crippen LogP contribution in [0.1, 0.15) is 18.5 Å². The molecule has 88 valence electrons. The predicted octanol–water partition coefficient (Wildman–Crippen LogP) is 4.27. The molecule has 1 nitrogen and oxygen atoms in total. The number of rotatable bonds is 2. The van der Waals surface area contributed by atoms with E-state index < -0.39 is 0 Å². The van der Waals surface area contributed by atoms with Gasteiger partial charge in [0.1, 0.15) is 5.82 Å². The second-order valence-electron chi connectivity index (χ2n) is 3.98. The van der Waals surface area contributed by atoms with Gasteiger partial charge in [0, 0.05) is 11.6 Å². The molecule has 2 aromatic carbocycles. The summed E-state index contributed by atoms with van der Waals surface area (Å²) in [6, 6.07) is 12.8. The van der Waals surface area contributed by atoms with Gasteiger partial charge in [-0.3, -0.25) is 0 Å². The van der Waals surface area contributed by atoms with Gasteiger partial charge in [0.05, 0.1) is 4.47 Å². The molecule has 0 heterocycles. The minimum absolute atomic E-state index is 0.121. The number of benzene rings is 2. The minimum atomic E-state index is -0.249. The SMILES string of the molecule is CC(N)c1ccccc1-c1cccc(Br)c1F. The van der Waals surface area contributed by atoms with E-state index >= 15 is 0 Å². The number of halogens is 2. The van der Waals surface area contributed by atoms with Crippen LogP contribution >= 0.6 is 15.9 Å². The molecule has 0 bridgehead atoms. The topological polar surface area (TPSA) is 26.0 Å². The van der Waals surface area contributed by atoms with Gasteiger partial charge in [-0.2, -0.15) is 0 Å². The monoisotopic (exact) mass is 293 g/mol. The normalized spacial score (nSPS) is 12.5. The highest BCUT2D eigenvalue weighted by Gasteiger charge is 2.13. The molecule has 2 N–H and O–H groups in total. The van der Waals surface area contributed by atoms with Gasteiger partial charge in [0.25, 0.3) is 0 Å². The second kappa shape index (κ2) is 4.98. The van der Waals surface area contributed by atoms with E-state index in [-0.39, 0.29) is 11.9 Å². The molecule has 0 aliphatic heterocycles. The molecular weight excluding hydrogens is 281 g/mol. The van der Waals surface area contributed by atoms with Crippen LogP contribution in [0.4, 0.5) is 4.39 Å². The van der Waals surface area contributed by atoms with Gasteiger partial charge in [-0.05, 0) is 40.0 Å². The van der Waals surface area contributed by atoms with Crippen molar-refractivity contribution in [1.82, 2.24) is 0 Å². The third-order valence-electron chi connectivity index (χ3n) is 2.69. The fraction of sp³-hybridized carbons (Fsp3) is 0.143. The molecule has 1 atom stereocenters. The van der Waals surface area contributed by atoms with E-state index in [1.165, 1.54) is 0 Å². The first-order valence-electron chi connectivity index (χ1n) is 5.40. The van der Waals surface area contributed by atoms with Crippen LogP contribution in [0.25, 0.3) is 11.1 Å². The third kappa shape index (κ3) is 2.40. The molecule has 17 heavy (non-hydrogen) atoms. The van der Waals surface area contributed by atoms with Crippen molar-refractivity contribution in [3.63, 3.8) is 0 Å². The average Bonchev–Trinajstić information content (AvgIpc) is 2.33. The van der Waals surface area contributed by atoms with Crippen molar-refractivity contribution in [3.8, 4) is 11.1 Å². The van der Waals surface area contributed by atoms with Crippen molar-refractivity contribution < 1.29 is 4.39 Å². The highest BCUT2D eigenvalue weighted by molar-refractivity contribution is 9.10. The number of hydrogen-bond donors (Lipinski definition) is 1. The minimum Gasteiger partial charge on any atom is -0.324 e. The van der Waals surface area contributed by atoms with Crippen LogP contribution in [0.15, 0.2) is 46.9 Å². The van der Waals surface area contributed by atoms with Crippen LogP contribution in [-0.2, 0) is 0 Å². The maximum atomic E-state index is 14.0. The first-order valence-corrected chi connectivity index (χ1v) is 6.19. The summed E-state index contributed by atoms with van der Waals surface area (Å²) in [5, 5.41) is 0. The molecule has 3 heteroatoms. The van der Waals surface area contributed by atoms with Gasteiger partial charge < -0.3 is 5.73 Å². The zero-order valence-corrected chi connectivity index (χ0v) is 11.0. The lowest BCUT2D eigenvalue weighted by Crippen LogP contribution is -2.06. The highest BCUT2D eigenvalue weighted by atomic mass is 79.9. The molecule has 0 spiro atoms. The maximum absolute atomic E-state index is 14.0. The summed E-state index contributed by atoms with van der Waals surface area (Å²) in [5.41, 5.74) is 8.28. The summed E-state index contributed by atoms with van der Waals surface area (Å²) in [7, 11) is 0. The quantitative estimate of drug-likeness (QED) is 0.879. The summed E-state index contributed by atoms with van der Waals surface area (Å²) >= 11 is 3.20.